The molecule has 0 saturated carbocycles. The van der Waals surface area contributed by atoms with Gasteiger partial charge in [0.2, 0.25) is 0 Å². The van der Waals surface area contributed by atoms with E-state index >= 15 is 0 Å². The second kappa shape index (κ2) is 10.1. The van der Waals surface area contributed by atoms with Crippen LogP contribution in [0.1, 0.15) is 33.6 Å². The van der Waals surface area contributed by atoms with Crippen LogP contribution in [0.4, 0.5) is 0 Å². The number of ether oxygens (including phenoxy) is 1. The molecule has 2 heterocycles. The van der Waals surface area contributed by atoms with Gasteiger partial charge in [0, 0.05) is 50.8 Å². The fraction of sp³-hybridized carbons (Fsp3) is 0.762. The predicted octanol–water partition coefficient (Wildman–Crippen LogP) is 2.76. The lowest BCUT2D eigenvalue weighted by Gasteiger charge is -2.32. The van der Waals surface area contributed by atoms with Crippen molar-refractivity contribution < 1.29 is 4.74 Å². The van der Waals surface area contributed by atoms with E-state index in [1.54, 1.807) is 0 Å². The van der Waals surface area contributed by atoms with Gasteiger partial charge in [0.25, 0.3) is 0 Å². The van der Waals surface area contributed by atoms with Crippen LogP contribution >= 0.6 is 0 Å². The van der Waals surface area contributed by atoms with Crippen LogP contribution < -0.4 is 5.32 Å². The largest absolute Gasteiger partial charge is 0.381 e. The molecule has 5 nitrogen and oxygen atoms in total. The lowest BCUT2D eigenvalue weighted by molar-refractivity contribution is 0.156. The zero-order chi connectivity index (χ0) is 19.0. The lowest BCUT2D eigenvalue weighted by Crippen LogP contribution is -2.45. The molecule has 2 rings (SSSR count). The molecule has 0 aliphatic carbocycles. The first kappa shape index (κ1) is 21.0. The SMILES string of the molecule is C=CCN(CC=C)C(CN=C(NCC)N1CCC2(CCOC2)C1)C(C)C. The number of rotatable bonds is 9. The van der Waals surface area contributed by atoms with Gasteiger partial charge in [0.05, 0.1) is 13.2 Å². The summed E-state index contributed by atoms with van der Waals surface area (Å²) in [6.45, 7) is 21.9. The third kappa shape index (κ3) is 5.34. The molecule has 2 fully saturated rings. The molecule has 26 heavy (non-hydrogen) atoms. The number of nitrogens with one attached hydrogen (secondary N) is 1. The van der Waals surface area contributed by atoms with E-state index in [1.807, 2.05) is 12.2 Å². The summed E-state index contributed by atoms with van der Waals surface area (Å²) >= 11 is 0. The van der Waals surface area contributed by atoms with Crippen LogP contribution in [0.15, 0.2) is 30.3 Å². The highest BCUT2D eigenvalue weighted by Crippen LogP contribution is 2.38. The molecule has 1 N–H and O–H groups in total. The zero-order valence-electron chi connectivity index (χ0n) is 17.0. The van der Waals surface area contributed by atoms with Crippen LogP contribution in [0, 0.1) is 11.3 Å². The van der Waals surface area contributed by atoms with Gasteiger partial charge in [-0.25, -0.2) is 0 Å². The van der Waals surface area contributed by atoms with Crippen molar-refractivity contribution in [1.82, 2.24) is 15.1 Å². The molecule has 5 heteroatoms. The Morgan fingerprint density at radius 2 is 2.04 bits per heavy atom. The summed E-state index contributed by atoms with van der Waals surface area (Å²) in [5.74, 6) is 1.58. The number of likely N-dealkylation sites (tertiary alicyclic amines) is 1. The van der Waals surface area contributed by atoms with Gasteiger partial charge in [0.1, 0.15) is 0 Å². The van der Waals surface area contributed by atoms with Gasteiger partial charge >= 0.3 is 0 Å². The van der Waals surface area contributed by atoms with Gasteiger partial charge in [0.15, 0.2) is 5.96 Å². The van der Waals surface area contributed by atoms with E-state index in [4.69, 9.17) is 9.73 Å². The standard InChI is InChI=1S/C21H38N4O/c1-6-11-24(12-7-2)19(18(4)5)15-23-20(22-8-3)25-13-9-21(16-25)10-14-26-17-21/h6-7,18-19H,1-2,8-17H2,3-5H3,(H,22,23). The Bertz CT molecular complexity index is 472. The molecule has 0 radical (unpaired) electrons. The third-order valence-corrected chi connectivity index (χ3v) is 5.65. The molecule has 0 bridgehead atoms. The van der Waals surface area contributed by atoms with Crippen molar-refractivity contribution >= 4 is 5.96 Å². The van der Waals surface area contributed by atoms with Gasteiger partial charge in [-0.1, -0.05) is 26.0 Å². The molecule has 0 amide bonds. The van der Waals surface area contributed by atoms with Crippen LogP contribution in [-0.4, -0.2) is 74.3 Å². The van der Waals surface area contributed by atoms with Crippen molar-refractivity contribution in [2.45, 2.75) is 39.7 Å². The third-order valence-electron chi connectivity index (χ3n) is 5.65. The van der Waals surface area contributed by atoms with E-state index in [0.29, 0.717) is 17.4 Å². The minimum Gasteiger partial charge on any atom is -0.381 e. The van der Waals surface area contributed by atoms with Crippen molar-refractivity contribution in [2.75, 3.05) is 52.5 Å². The average molecular weight is 363 g/mol. The van der Waals surface area contributed by atoms with Gasteiger partial charge in [-0.15, -0.1) is 13.2 Å². The second-order valence-electron chi connectivity index (χ2n) is 8.01. The molecule has 1 spiro atoms. The first-order valence-electron chi connectivity index (χ1n) is 10.1. The van der Waals surface area contributed by atoms with Crippen molar-refractivity contribution in [3.05, 3.63) is 25.3 Å². The molecular weight excluding hydrogens is 324 g/mol. The van der Waals surface area contributed by atoms with Crippen LogP contribution in [0.25, 0.3) is 0 Å². The first-order chi connectivity index (χ1) is 12.5. The maximum Gasteiger partial charge on any atom is 0.193 e. The topological polar surface area (TPSA) is 40.1 Å². The van der Waals surface area contributed by atoms with Crippen LogP contribution in [0.2, 0.25) is 0 Å². The Hall–Kier alpha value is -1.33. The number of nitrogens with zero attached hydrogens (tertiary/aromatic N) is 3. The Morgan fingerprint density at radius 1 is 1.31 bits per heavy atom. The van der Waals surface area contributed by atoms with Gasteiger partial charge in [-0.2, -0.15) is 0 Å². The highest BCUT2D eigenvalue weighted by molar-refractivity contribution is 5.80. The normalized spacial score (nSPS) is 24.7. The molecule has 0 aromatic carbocycles. The van der Waals surface area contributed by atoms with Gasteiger partial charge in [-0.05, 0) is 25.7 Å². The molecular formula is C21H38N4O. The van der Waals surface area contributed by atoms with Gasteiger partial charge in [-0.3, -0.25) is 9.89 Å². The maximum absolute atomic E-state index is 5.67. The van der Waals surface area contributed by atoms with Crippen molar-refractivity contribution in [3.8, 4) is 0 Å². The van der Waals surface area contributed by atoms with Gasteiger partial charge < -0.3 is 15.0 Å². The highest BCUT2D eigenvalue weighted by Gasteiger charge is 2.42. The summed E-state index contributed by atoms with van der Waals surface area (Å²) in [6.07, 6.45) is 6.34. The van der Waals surface area contributed by atoms with Crippen molar-refractivity contribution in [3.63, 3.8) is 0 Å². The minimum atomic E-state index is 0.353. The minimum absolute atomic E-state index is 0.353. The Labute approximate surface area is 160 Å². The molecule has 148 valence electrons. The first-order valence-corrected chi connectivity index (χ1v) is 10.1. The van der Waals surface area contributed by atoms with Crippen LogP contribution in [-0.2, 0) is 4.74 Å². The monoisotopic (exact) mass is 362 g/mol. The quantitative estimate of drug-likeness (QED) is 0.389. The second-order valence-corrected chi connectivity index (χ2v) is 8.01. The van der Waals surface area contributed by atoms with E-state index in [-0.39, 0.29) is 0 Å². The number of aliphatic imine (C=N–C) groups is 1. The van der Waals surface area contributed by atoms with E-state index < -0.39 is 0 Å². The molecule has 2 aliphatic heterocycles. The maximum atomic E-state index is 5.67. The Balaban J connectivity index is 2.07. The Morgan fingerprint density at radius 3 is 2.58 bits per heavy atom. The highest BCUT2D eigenvalue weighted by atomic mass is 16.5. The summed E-state index contributed by atoms with van der Waals surface area (Å²) in [6, 6.07) is 0.381. The molecule has 2 saturated heterocycles. The summed E-state index contributed by atoms with van der Waals surface area (Å²) < 4.78 is 5.67. The number of hydrogen-bond donors (Lipinski definition) is 1. The van der Waals surface area contributed by atoms with Crippen LogP contribution in [0.3, 0.4) is 0 Å². The van der Waals surface area contributed by atoms with Crippen LogP contribution in [0.5, 0.6) is 0 Å². The molecule has 2 unspecified atom stereocenters. The lowest BCUT2D eigenvalue weighted by atomic mass is 9.87. The number of guanidine groups is 1. The van der Waals surface area contributed by atoms with E-state index in [0.717, 1.165) is 58.4 Å². The summed E-state index contributed by atoms with van der Waals surface area (Å²) in [5.41, 5.74) is 0.353. The summed E-state index contributed by atoms with van der Waals surface area (Å²) in [4.78, 5) is 9.88. The molecule has 2 aliphatic rings. The fourth-order valence-corrected chi connectivity index (χ4v) is 4.12. The predicted molar refractivity (Wildman–Crippen MR) is 111 cm³/mol. The van der Waals surface area contributed by atoms with E-state index in [2.05, 4.69) is 49.0 Å². The smallest absolute Gasteiger partial charge is 0.193 e. The fourth-order valence-electron chi connectivity index (χ4n) is 4.12. The average Bonchev–Trinajstić information content (AvgIpc) is 3.24. The molecule has 0 aromatic rings. The molecule has 0 aromatic heterocycles. The molecule has 2 atom stereocenters. The van der Waals surface area contributed by atoms with E-state index in [1.165, 1.54) is 12.8 Å². The number of hydrogen-bond acceptors (Lipinski definition) is 3. The zero-order valence-corrected chi connectivity index (χ0v) is 17.0. The van der Waals surface area contributed by atoms with Crippen molar-refractivity contribution in [1.29, 1.82) is 0 Å². The van der Waals surface area contributed by atoms with E-state index in [9.17, 15) is 0 Å². The summed E-state index contributed by atoms with van der Waals surface area (Å²) in [7, 11) is 0. The Kier molecular flexibility index (Phi) is 8.16. The summed E-state index contributed by atoms with van der Waals surface area (Å²) in [5, 5.41) is 3.50. The van der Waals surface area contributed by atoms with Crippen molar-refractivity contribution in [2.24, 2.45) is 16.3 Å².